The molecule has 0 radical (unpaired) electrons. The van der Waals surface area contributed by atoms with Gasteiger partial charge in [0.2, 0.25) is 0 Å². The fraction of sp³-hybridized carbons (Fsp3) is 0.286. The predicted octanol–water partition coefficient (Wildman–Crippen LogP) is 2.14. The van der Waals surface area contributed by atoms with Crippen molar-refractivity contribution in [1.29, 1.82) is 0 Å². The molecule has 1 aromatic heterocycles. The lowest BCUT2D eigenvalue weighted by molar-refractivity contribution is 0.380. The number of hydrogen-bond acceptors (Lipinski definition) is 4. The van der Waals surface area contributed by atoms with Crippen LogP contribution < -0.4 is 9.64 Å². The van der Waals surface area contributed by atoms with Gasteiger partial charge in [0.1, 0.15) is 0 Å². The van der Waals surface area contributed by atoms with E-state index in [1.807, 2.05) is 12.4 Å². The third-order valence-electron chi connectivity index (χ3n) is 3.38. The van der Waals surface area contributed by atoms with Crippen molar-refractivity contribution in [1.82, 2.24) is 9.97 Å². The quantitative estimate of drug-likeness (QED) is 0.807. The standard InChI is InChI=1S/C14H15N3O/c1-17-7-6-12-11(4-3-5-13(12)17)10-8-15-14(18-2)16-9-10/h3-5,8-9H,6-7H2,1-2H3. The molecule has 0 fully saturated rings. The van der Waals surface area contributed by atoms with Gasteiger partial charge in [0.25, 0.3) is 0 Å². The lowest BCUT2D eigenvalue weighted by Gasteiger charge is -2.13. The Morgan fingerprint density at radius 3 is 2.72 bits per heavy atom. The van der Waals surface area contributed by atoms with E-state index in [2.05, 4.69) is 40.1 Å². The molecule has 0 saturated carbocycles. The van der Waals surface area contributed by atoms with Crippen molar-refractivity contribution in [3.05, 3.63) is 36.2 Å². The zero-order chi connectivity index (χ0) is 12.5. The molecule has 1 aromatic carbocycles. The lowest BCUT2D eigenvalue weighted by Crippen LogP contribution is -2.12. The molecule has 0 atom stereocenters. The van der Waals surface area contributed by atoms with Gasteiger partial charge < -0.3 is 9.64 Å². The number of methoxy groups -OCH3 is 1. The Balaban J connectivity index is 2.06. The molecule has 2 aromatic rings. The average molecular weight is 241 g/mol. The topological polar surface area (TPSA) is 38.2 Å². The van der Waals surface area contributed by atoms with Crippen molar-refractivity contribution < 1.29 is 4.74 Å². The number of nitrogens with zero attached hydrogens (tertiary/aromatic N) is 3. The summed E-state index contributed by atoms with van der Waals surface area (Å²) in [5.41, 5.74) is 4.96. The minimum Gasteiger partial charge on any atom is -0.467 e. The molecule has 0 unspecified atom stereocenters. The molecule has 0 N–H and O–H groups in total. The van der Waals surface area contributed by atoms with E-state index in [1.165, 1.54) is 16.8 Å². The molecule has 1 aliphatic heterocycles. The molecule has 0 spiro atoms. The Hall–Kier alpha value is -2.10. The van der Waals surface area contributed by atoms with Crippen LogP contribution in [0.4, 0.5) is 5.69 Å². The normalized spacial score (nSPS) is 13.6. The van der Waals surface area contributed by atoms with Gasteiger partial charge in [-0.05, 0) is 23.6 Å². The smallest absolute Gasteiger partial charge is 0.316 e. The number of fused-ring (bicyclic) bond motifs is 1. The first-order chi connectivity index (χ1) is 8.79. The Kier molecular flexibility index (Phi) is 2.63. The van der Waals surface area contributed by atoms with E-state index in [0.717, 1.165) is 18.5 Å². The van der Waals surface area contributed by atoms with E-state index in [-0.39, 0.29) is 0 Å². The summed E-state index contributed by atoms with van der Waals surface area (Å²) in [7, 11) is 3.70. The van der Waals surface area contributed by atoms with Crippen LogP contribution in [0.25, 0.3) is 11.1 Å². The number of anilines is 1. The molecule has 0 amide bonds. The van der Waals surface area contributed by atoms with Crippen molar-refractivity contribution in [3.63, 3.8) is 0 Å². The van der Waals surface area contributed by atoms with Crippen LogP contribution in [-0.2, 0) is 6.42 Å². The Morgan fingerprint density at radius 1 is 1.22 bits per heavy atom. The number of rotatable bonds is 2. The Bertz CT molecular complexity index is 566. The molecule has 3 rings (SSSR count). The van der Waals surface area contributed by atoms with Gasteiger partial charge in [-0.2, -0.15) is 0 Å². The first-order valence-electron chi connectivity index (χ1n) is 5.99. The molecule has 4 nitrogen and oxygen atoms in total. The monoisotopic (exact) mass is 241 g/mol. The molecule has 0 bridgehead atoms. The van der Waals surface area contributed by atoms with Gasteiger partial charge in [-0.25, -0.2) is 9.97 Å². The molecular weight excluding hydrogens is 226 g/mol. The van der Waals surface area contributed by atoms with Gasteiger partial charge >= 0.3 is 6.01 Å². The van der Waals surface area contributed by atoms with E-state index >= 15 is 0 Å². The molecule has 0 saturated heterocycles. The predicted molar refractivity (Wildman–Crippen MR) is 71.0 cm³/mol. The maximum atomic E-state index is 4.98. The van der Waals surface area contributed by atoms with E-state index in [1.54, 1.807) is 7.11 Å². The SMILES string of the molecule is COc1ncc(-c2cccc3c2CCN3C)cn1. The van der Waals surface area contributed by atoms with Gasteiger partial charge in [0.05, 0.1) is 7.11 Å². The molecular formula is C14H15N3O. The van der Waals surface area contributed by atoms with Crippen LogP contribution in [-0.4, -0.2) is 30.7 Å². The number of ether oxygens (including phenoxy) is 1. The van der Waals surface area contributed by atoms with Crippen molar-refractivity contribution >= 4 is 5.69 Å². The number of hydrogen-bond donors (Lipinski definition) is 0. The zero-order valence-corrected chi connectivity index (χ0v) is 10.6. The van der Waals surface area contributed by atoms with Crippen LogP contribution in [0.3, 0.4) is 0 Å². The molecule has 92 valence electrons. The summed E-state index contributed by atoms with van der Waals surface area (Å²) in [4.78, 5) is 10.6. The first kappa shape index (κ1) is 11.0. The molecule has 1 aliphatic rings. The van der Waals surface area contributed by atoms with Crippen LogP contribution >= 0.6 is 0 Å². The van der Waals surface area contributed by atoms with Crippen molar-refractivity contribution in [2.45, 2.75) is 6.42 Å². The van der Waals surface area contributed by atoms with Crippen LogP contribution in [0.2, 0.25) is 0 Å². The van der Waals surface area contributed by atoms with Crippen LogP contribution in [0, 0.1) is 0 Å². The molecule has 18 heavy (non-hydrogen) atoms. The molecule has 4 heteroatoms. The third kappa shape index (κ3) is 1.70. The summed E-state index contributed by atoms with van der Waals surface area (Å²) < 4.78 is 4.98. The van der Waals surface area contributed by atoms with Gasteiger partial charge in [-0.1, -0.05) is 12.1 Å². The minimum atomic E-state index is 0.406. The lowest BCUT2D eigenvalue weighted by atomic mass is 10.0. The third-order valence-corrected chi connectivity index (χ3v) is 3.38. The second-order valence-electron chi connectivity index (χ2n) is 4.43. The number of likely N-dealkylation sites (N-methyl/N-ethyl adjacent to an activating group) is 1. The summed E-state index contributed by atoms with van der Waals surface area (Å²) >= 11 is 0. The highest BCUT2D eigenvalue weighted by molar-refractivity contribution is 5.75. The summed E-state index contributed by atoms with van der Waals surface area (Å²) in [6, 6.07) is 6.78. The number of benzene rings is 1. The summed E-state index contributed by atoms with van der Waals surface area (Å²) in [5, 5.41) is 0. The zero-order valence-electron chi connectivity index (χ0n) is 10.6. The summed E-state index contributed by atoms with van der Waals surface area (Å²) in [6.07, 6.45) is 4.72. The van der Waals surface area contributed by atoms with Crippen LogP contribution in [0.15, 0.2) is 30.6 Å². The van der Waals surface area contributed by atoms with Crippen LogP contribution in [0.5, 0.6) is 6.01 Å². The minimum absolute atomic E-state index is 0.406. The van der Waals surface area contributed by atoms with Crippen molar-refractivity contribution in [3.8, 4) is 17.1 Å². The van der Waals surface area contributed by atoms with Crippen molar-refractivity contribution in [2.75, 3.05) is 25.6 Å². The van der Waals surface area contributed by atoms with Crippen LogP contribution in [0.1, 0.15) is 5.56 Å². The van der Waals surface area contributed by atoms with Gasteiger partial charge in [-0.15, -0.1) is 0 Å². The second-order valence-corrected chi connectivity index (χ2v) is 4.43. The maximum Gasteiger partial charge on any atom is 0.316 e. The first-order valence-corrected chi connectivity index (χ1v) is 5.99. The van der Waals surface area contributed by atoms with E-state index in [0.29, 0.717) is 6.01 Å². The van der Waals surface area contributed by atoms with Gasteiger partial charge in [0.15, 0.2) is 0 Å². The van der Waals surface area contributed by atoms with Gasteiger partial charge in [-0.3, -0.25) is 0 Å². The van der Waals surface area contributed by atoms with Crippen molar-refractivity contribution in [2.24, 2.45) is 0 Å². The highest BCUT2D eigenvalue weighted by Gasteiger charge is 2.19. The Morgan fingerprint density at radius 2 is 2.00 bits per heavy atom. The highest BCUT2D eigenvalue weighted by Crippen LogP contribution is 2.34. The van der Waals surface area contributed by atoms with E-state index < -0.39 is 0 Å². The van der Waals surface area contributed by atoms with E-state index in [9.17, 15) is 0 Å². The highest BCUT2D eigenvalue weighted by atomic mass is 16.5. The largest absolute Gasteiger partial charge is 0.467 e. The second kappa shape index (κ2) is 4.29. The summed E-state index contributed by atoms with van der Waals surface area (Å²) in [5.74, 6) is 0. The van der Waals surface area contributed by atoms with Gasteiger partial charge in [0, 0.05) is 37.2 Å². The maximum absolute atomic E-state index is 4.98. The fourth-order valence-corrected chi connectivity index (χ4v) is 2.43. The Labute approximate surface area is 106 Å². The van der Waals surface area contributed by atoms with E-state index in [4.69, 9.17) is 4.74 Å². The molecule has 2 heterocycles. The average Bonchev–Trinajstić information content (AvgIpc) is 2.81. The molecule has 0 aliphatic carbocycles. The summed E-state index contributed by atoms with van der Waals surface area (Å²) in [6.45, 7) is 1.07. The fourth-order valence-electron chi connectivity index (χ4n) is 2.43. The number of aromatic nitrogens is 2.